The number of aromatic nitrogens is 2. The summed E-state index contributed by atoms with van der Waals surface area (Å²) in [4.78, 5) is 30.7. The third-order valence-corrected chi connectivity index (χ3v) is 5.13. The number of rotatable bonds is 10. The Bertz CT molecular complexity index is 854. The highest BCUT2D eigenvalue weighted by Gasteiger charge is 2.35. The Morgan fingerprint density at radius 3 is 2.80 bits per heavy atom. The molecule has 0 spiro atoms. The number of hydrogen-bond acceptors (Lipinski definition) is 4. The molecule has 3 rings (SSSR count). The summed E-state index contributed by atoms with van der Waals surface area (Å²) in [6, 6.07) is 5.58. The van der Waals surface area contributed by atoms with Crippen LogP contribution in [0.3, 0.4) is 0 Å². The molecule has 0 aliphatic carbocycles. The summed E-state index contributed by atoms with van der Waals surface area (Å²) in [6.45, 7) is 0.695. The van der Waals surface area contributed by atoms with Crippen LogP contribution in [0.1, 0.15) is 37.6 Å². The number of likely N-dealkylation sites (tertiary alicyclic amines) is 1. The van der Waals surface area contributed by atoms with E-state index >= 15 is 0 Å². The molecule has 1 N–H and O–H groups in total. The zero-order valence-corrected chi connectivity index (χ0v) is 16.9. The van der Waals surface area contributed by atoms with Crippen molar-refractivity contribution in [2.45, 2.75) is 58.3 Å². The second kappa shape index (κ2) is 10.2. The molecule has 0 radical (unpaired) electrons. The zero-order valence-electron chi connectivity index (χ0n) is 16.9. The van der Waals surface area contributed by atoms with Crippen LogP contribution in [-0.2, 0) is 29.1 Å². The Morgan fingerprint density at radius 1 is 1.33 bits per heavy atom. The van der Waals surface area contributed by atoms with Gasteiger partial charge in [-0.05, 0) is 30.5 Å². The van der Waals surface area contributed by atoms with Crippen LogP contribution in [0.5, 0.6) is 5.75 Å². The average Bonchev–Trinajstić information content (AvgIpc) is 3.33. The minimum Gasteiger partial charge on any atom is -0.435 e. The van der Waals surface area contributed by atoms with E-state index in [1.165, 1.54) is 12.1 Å². The summed E-state index contributed by atoms with van der Waals surface area (Å²) < 4.78 is 30.9. The SMILES string of the molecule is CCc1nccn1CCCNC(=O)C1CCC(=O)N1Cc1ccc(OC(F)F)cc1. The summed E-state index contributed by atoms with van der Waals surface area (Å²) in [5.41, 5.74) is 0.747. The summed E-state index contributed by atoms with van der Waals surface area (Å²) in [6.07, 6.45) is 6.11. The van der Waals surface area contributed by atoms with Crippen molar-refractivity contribution in [2.75, 3.05) is 6.54 Å². The quantitative estimate of drug-likeness (QED) is 0.600. The van der Waals surface area contributed by atoms with E-state index in [4.69, 9.17) is 0 Å². The number of alkyl halides is 2. The van der Waals surface area contributed by atoms with E-state index in [2.05, 4.69) is 19.6 Å². The minimum absolute atomic E-state index is 0.0555. The molecule has 1 saturated heterocycles. The van der Waals surface area contributed by atoms with Gasteiger partial charge in [-0.2, -0.15) is 8.78 Å². The molecular weight excluding hydrogens is 394 g/mol. The molecule has 0 saturated carbocycles. The molecule has 1 fully saturated rings. The fraction of sp³-hybridized carbons (Fsp3) is 0.476. The lowest BCUT2D eigenvalue weighted by Gasteiger charge is -2.24. The van der Waals surface area contributed by atoms with E-state index in [1.807, 2.05) is 13.1 Å². The van der Waals surface area contributed by atoms with Crippen molar-refractivity contribution >= 4 is 11.8 Å². The molecule has 1 atom stereocenters. The summed E-state index contributed by atoms with van der Waals surface area (Å²) >= 11 is 0. The molecule has 7 nitrogen and oxygen atoms in total. The van der Waals surface area contributed by atoms with Crippen LogP contribution in [0.25, 0.3) is 0 Å². The molecule has 30 heavy (non-hydrogen) atoms. The van der Waals surface area contributed by atoms with Crippen LogP contribution in [-0.4, -0.2) is 45.5 Å². The number of carbonyl (C=O) groups is 2. The van der Waals surface area contributed by atoms with Crippen LogP contribution >= 0.6 is 0 Å². The second-order valence-corrected chi connectivity index (χ2v) is 7.13. The Balaban J connectivity index is 1.50. The molecule has 0 bridgehead atoms. The lowest BCUT2D eigenvalue weighted by Crippen LogP contribution is -2.44. The number of ether oxygens (including phenoxy) is 1. The maximum atomic E-state index is 12.6. The van der Waals surface area contributed by atoms with E-state index in [1.54, 1.807) is 23.2 Å². The van der Waals surface area contributed by atoms with Crippen molar-refractivity contribution in [1.82, 2.24) is 19.8 Å². The molecule has 1 aliphatic heterocycles. The third kappa shape index (κ3) is 5.55. The molecule has 162 valence electrons. The average molecular weight is 420 g/mol. The molecule has 1 aliphatic rings. The molecule has 2 heterocycles. The fourth-order valence-electron chi connectivity index (χ4n) is 3.61. The highest BCUT2D eigenvalue weighted by atomic mass is 19.3. The number of benzene rings is 1. The van der Waals surface area contributed by atoms with Gasteiger partial charge in [-0.1, -0.05) is 19.1 Å². The predicted octanol–water partition coefficient (Wildman–Crippen LogP) is 2.74. The standard InChI is InChI=1S/C21H26F2N4O3/c1-2-18-24-11-13-26(18)12-3-10-25-20(29)17-8-9-19(28)27(17)14-15-4-6-16(7-5-15)30-21(22)23/h4-7,11,13,17,21H,2-3,8-10,12,14H2,1H3,(H,25,29). The van der Waals surface area contributed by atoms with E-state index in [0.29, 0.717) is 19.4 Å². The Kier molecular flexibility index (Phi) is 7.37. The number of nitrogens with one attached hydrogen (secondary N) is 1. The highest BCUT2D eigenvalue weighted by molar-refractivity contribution is 5.90. The Hall–Kier alpha value is -2.97. The van der Waals surface area contributed by atoms with Crippen molar-refractivity contribution in [2.24, 2.45) is 0 Å². The minimum atomic E-state index is -2.88. The summed E-state index contributed by atoms with van der Waals surface area (Å²) in [5.74, 6) is 0.813. The van der Waals surface area contributed by atoms with Gasteiger partial charge in [-0.3, -0.25) is 9.59 Å². The number of imidazole rings is 1. The van der Waals surface area contributed by atoms with Gasteiger partial charge in [0.05, 0.1) is 0 Å². The van der Waals surface area contributed by atoms with Crippen molar-refractivity contribution in [3.05, 3.63) is 48.0 Å². The van der Waals surface area contributed by atoms with E-state index in [9.17, 15) is 18.4 Å². The summed E-state index contributed by atoms with van der Waals surface area (Å²) in [7, 11) is 0. The first-order chi connectivity index (χ1) is 14.5. The number of hydrogen-bond donors (Lipinski definition) is 1. The van der Waals surface area contributed by atoms with E-state index < -0.39 is 12.7 Å². The van der Waals surface area contributed by atoms with Gasteiger partial charge in [0.25, 0.3) is 0 Å². The van der Waals surface area contributed by atoms with Crippen LogP contribution in [0.15, 0.2) is 36.7 Å². The number of aryl methyl sites for hydroxylation is 2. The molecule has 1 aromatic heterocycles. The number of halogens is 2. The van der Waals surface area contributed by atoms with E-state index in [-0.39, 0.29) is 24.1 Å². The van der Waals surface area contributed by atoms with Crippen LogP contribution in [0, 0.1) is 0 Å². The fourth-order valence-corrected chi connectivity index (χ4v) is 3.61. The Morgan fingerprint density at radius 2 is 2.10 bits per heavy atom. The van der Waals surface area contributed by atoms with Crippen molar-refractivity contribution in [1.29, 1.82) is 0 Å². The molecule has 2 aromatic rings. The van der Waals surface area contributed by atoms with Gasteiger partial charge in [0, 0.05) is 44.9 Å². The van der Waals surface area contributed by atoms with Gasteiger partial charge in [0.1, 0.15) is 17.6 Å². The maximum absolute atomic E-state index is 12.6. The van der Waals surface area contributed by atoms with Crippen molar-refractivity contribution in [3.8, 4) is 5.75 Å². The smallest absolute Gasteiger partial charge is 0.387 e. The van der Waals surface area contributed by atoms with Gasteiger partial charge in [-0.15, -0.1) is 0 Å². The predicted molar refractivity (Wildman–Crippen MR) is 106 cm³/mol. The molecule has 9 heteroatoms. The van der Waals surface area contributed by atoms with Gasteiger partial charge >= 0.3 is 6.61 Å². The topological polar surface area (TPSA) is 76.5 Å². The van der Waals surface area contributed by atoms with Crippen molar-refractivity contribution in [3.63, 3.8) is 0 Å². The van der Waals surface area contributed by atoms with Crippen LogP contribution < -0.4 is 10.1 Å². The Labute approximate surface area is 174 Å². The normalized spacial score (nSPS) is 16.3. The lowest BCUT2D eigenvalue weighted by atomic mass is 10.1. The second-order valence-electron chi connectivity index (χ2n) is 7.13. The first-order valence-electron chi connectivity index (χ1n) is 10.1. The van der Waals surface area contributed by atoms with Gasteiger partial charge < -0.3 is 19.5 Å². The number of nitrogens with zero attached hydrogens (tertiary/aromatic N) is 3. The highest BCUT2D eigenvalue weighted by Crippen LogP contribution is 2.23. The third-order valence-electron chi connectivity index (χ3n) is 5.13. The number of carbonyl (C=O) groups excluding carboxylic acids is 2. The van der Waals surface area contributed by atoms with Gasteiger partial charge in [-0.25, -0.2) is 4.98 Å². The summed E-state index contributed by atoms with van der Waals surface area (Å²) in [5, 5.41) is 2.92. The molecular formula is C21H26F2N4O3. The zero-order chi connectivity index (χ0) is 21.5. The van der Waals surface area contributed by atoms with Crippen LogP contribution in [0.4, 0.5) is 8.78 Å². The van der Waals surface area contributed by atoms with E-state index in [0.717, 1.165) is 30.8 Å². The van der Waals surface area contributed by atoms with Crippen LogP contribution in [0.2, 0.25) is 0 Å². The monoisotopic (exact) mass is 420 g/mol. The first kappa shape index (κ1) is 21.7. The van der Waals surface area contributed by atoms with Gasteiger partial charge in [0.2, 0.25) is 11.8 Å². The molecule has 1 unspecified atom stereocenters. The van der Waals surface area contributed by atoms with Gasteiger partial charge in [0.15, 0.2) is 0 Å². The molecule has 1 aromatic carbocycles. The first-order valence-corrected chi connectivity index (χ1v) is 10.1. The molecule has 2 amide bonds. The maximum Gasteiger partial charge on any atom is 0.387 e. The van der Waals surface area contributed by atoms with Crippen molar-refractivity contribution < 1.29 is 23.1 Å². The lowest BCUT2D eigenvalue weighted by molar-refractivity contribution is -0.135. The number of amides is 2. The largest absolute Gasteiger partial charge is 0.435 e.